The van der Waals surface area contributed by atoms with E-state index in [4.69, 9.17) is 4.74 Å². The minimum Gasteiger partial charge on any atom is -0.454 e. The Morgan fingerprint density at radius 2 is 2.00 bits per heavy atom. The fourth-order valence-corrected chi connectivity index (χ4v) is 2.37. The molecule has 1 aliphatic carbocycles. The molecule has 6 heteroatoms. The van der Waals surface area contributed by atoms with E-state index in [0.29, 0.717) is 12.8 Å². The number of carbonyl (C=O) groups is 3. The van der Waals surface area contributed by atoms with Crippen molar-refractivity contribution in [2.45, 2.75) is 50.6 Å². The third-order valence-electron chi connectivity index (χ3n) is 3.35. The zero-order valence-corrected chi connectivity index (χ0v) is 10.2. The first-order chi connectivity index (χ1) is 8.65. The van der Waals surface area contributed by atoms with Crippen LogP contribution in [0.5, 0.6) is 0 Å². The first kappa shape index (κ1) is 12.9. The molecule has 2 rings (SSSR count). The normalized spacial score (nSPS) is 23.8. The van der Waals surface area contributed by atoms with Crippen LogP contribution in [0.1, 0.15) is 38.5 Å². The SMILES string of the molecule is O=C(COC(=O)[C@@H]1CCC(=O)N1)NC1CCCC1. The van der Waals surface area contributed by atoms with Gasteiger partial charge in [-0.25, -0.2) is 4.79 Å². The summed E-state index contributed by atoms with van der Waals surface area (Å²) in [7, 11) is 0. The van der Waals surface area contributed by atoms with Crippen molar-refractivity contribution in [2.75, 3.05) is 6.61 Å². The van der Waals surface area contributed by atoms with Gasteiger partial charge in [-0.3, -0.25) is 9.59 Å². The van der Waals surface area contributed by atoms with Gasteiger partial charge in [0.25, 0.3) is 5.91 Å². The van der Waals surface area contributed by atoms with Gasteiger partial charge in [-0.15, -0.1) is 0 Å². The van der Waals surface area contributed by atoms with Crippen molar-refractivity contribution < 1.29 is 19.1 Å². The Bertz CT molecular complexity index is 350. The molecule has 0 radical (unpaired) electrons. The molecule has 18 heavy (non-hydrogen) atoms. The third kappa shape index (κ3) is 3.45. The molecule has 1 saturated carbocycles. The molecule has 2 N–H and O–H groups in total. The van der Waals surface area contributed by atoms with Gasteiger partial charge in [0, 0.05) is 12.5 Å². The summed E-state index contributed by atoms with van der Waals surface area (Å²) in [6, 6.07) is -0.362. The number of hydrogen-bond acceptors (Lipinski definition) is 4. The number of nitrogens with one attached hydrogen (secondary N) is 2. The van der Waals surface area contributed by atoms with Gasteiger partial charge in [-0.1, -0.05) is 12.8 Å². The summed E-state index contributed by atoms with van der Waals surface area (Å²) in [6.45, 7) is -0.262. The molecule has 2 fully saturated rings. The molecule has 1 aliphatic heterocycles. The van der Waals surface area contributed by atoms with E-state index in [9.17, 15) is 14.4 Å². The molecule has 0 spiro atoms. The highest BCUT2D eigenvalue weighted by molar-refractivity contribution is 5.89. The van der Waals surface area contributed by atoms with E-state index in [1.807, 2.05) is 0 Å². The quantitative estimate of drug-likeness (QED) is 0.684. The van der Waals surface area contributed by atoms with Crippen LogP contribution in [0.15, 0.2) is 0 Å². The molecule has 1 heterocycles. The lowest BCUT2D eigenvalue weighted by molar-refractivity contribution is -0.150. The zero-order chi connectivity index (χ0) is 13.0. The van der Waals surface area contributed by atoms with Crippen molar-refractivity contribution in [1.82, 2.24) is 10.6 Å². The fourth-order valence-electron chi connectivity index (χ4n) is 2.37. The molecule has 1 saturated heterocycles. The predicted molar refractivity (Wildman–Crippen MR) is 62.5 cm³/mol. The molecule has 0 aromatic carbocycles. The molecule has 100 valence electrons. The lowest BCUT2D eigenvalue weighted by Gasteiger charge is -2.13. The maximum absolute atomic E-state index is 11.5. The van der Waals surface area contributed by atoms with E-state index >= 15 is 0 Å². The fraction of sp³-hybridized carbons (Fsp3) is 0.750. The molecule has 0 unspecified atom stereocenters. The van der Waals surface area contributed by atoms with Crippen molar-refractivity contribution >= 4 is 17.8 Å². The number of rotatable bonds is 4. The van der Waals surface area contributed by atoms with Crippen LogP contribution < -0.4 is 10.6 Å². The molecule has 0 bridgehead atoms. The Balaban J connectivity index is 1.65. The van der Waals surface area contributed by atoms with Gasteiger partial charge in [0.1, 0.15) is 6.04 Å². The van der Waals surface area contributed by atoms with Gasteiger partial charge in [0.2, 0.25) is 5.91 Å². The molecule has 0 aromatic heterocycles. The Kier molecular flexibility index (Phi) is 4.17. The minimum atomic E-state index is -0.586. The van der Waals surface area contributed by atoms with Crippen molar-refractivity contribution in [1.29, 1.82) is 0 Å². The van der Waals surface area contributed by atoms with Gasteiger partial charge in [0.15, 0.2) is 6.61 Å². The second-order valence-corrected chi connectivity index (χ2v) is 4.82. The first-order valence-corrected chi connectivity index (χ1v) is 6.40. The number of hydrogen-bond donors (Lipinski definition) is 2. The highest BCUT2D eigenvalue weighted by atomic mass is 16.5. The summed E-state index contributed by atoms with van der Waals surface area (Å²) < 4.78 is 4.88. The molecule has 0 aromatic rings. The smallest absolute Gasteiger partial charge is 0.329 e. The topological polar surface area (TPSA) is 84.5 Å². The molecular weight excluding hydrogens is 236 g/mol. The monoisotopic (exact) mass is 254 g/mol. The lowest BCUT2D eigenvalue weighted by atomic mass is 10.2. The molecule has 6 nitrogen and oxygen atoms in total. The molecular formula is C12H18N2O4. The van der Waals surface area contributed by atoms with Gasteiger partial charge < -0.3 is 15.4 Å². The summed E-state index contributed by atoms with van der Waals surface area (Å²) in [4.78, 5) is 34.0. The van der Waals surface area contributed by atoms with Crippen LogP contribution in [0.2, 0.25) is 0 Å². The average molecular weight is 254 g/mol. The van der Waals surface area contributed by atoms with Crippen LogP contribution in [-0.4, -0.2) is 36.5 Å². The number of ether oxygens (including phenoxy) is 1. The lowest BCUT2D eigenvalue weighted by Crippen LogP contribution is -2.39. The summed E-state index contributed by atoms with van der Waals surface area (Å²) in [5.41, 5.74) is 0. The van der Waals surface area contributed by atoms with Crippen molar-refractivity contribution in [2.24, 2.45) is 0 Å². The molecule has 2 aliphatic rings. The second-order valence-electron chi connectivity index (χ2n) is 4.82. The Labute approximate surface area is 105 Å². The van der Waals surface area contributed by atoms with Crippen LogP contribution in [0.25, 0.3) is 0 Å². The Morgan fingerprint density at radius 1 is 1.28 bits per heavy atom. The minimum absolute atomic E-state index is 0.146. The molecule has 2 amide bonds. The summed E-state index contributed by atoms with van der Waals surface area (Å²) >= 11 is 0. The second kappa shape index (κ2) is 5.84. The van der Waals surface area contributed by atoms with E-state index in [-0.39, 0.29) is 24.5 Å². The van der Waals surface area contributed by atoms with Crippen LogP contribution >= 0.6 is 0 Å². The largest absolute Gasteiger partial charge is 0.454 e. The predicted octanol–water partition coefficient (Wildman–Crippen LogP) is -0.133. The van der Waals surface area contributed by atoms with Crippen molar-refractivity contribution in [3.8, 4) is 0 Å². The van der Waals surface area contributed by atoms with Gasteiger partial charge in [0.05, 0.1) is 0 Å². The maximum atomic E-state index is 11.5. The van der Waals surface area contributed by atoms with Gasteiger partial charge >= 0.3 is 5.97 Å². The Morgan fingerprint density at radius 3 is 2.61 bits per heavy atom. The van der Waals surface area contributed by atoms with Crippen molar-refractivity contribution in [3.63, 3.8) is 0 Å². The van der Waals surface area contributed by atoms with Crippen molar-refractivity contribution in [3.05, 3.63) is 0 Å². The van der Waals surface area contributed by atoms with E-state index < -0.39 is 12.0 Å². The number of amides is 2. The summed E-state index contributed by atoms with van der Waals surface area (Å²) in [5.74, 6) is -0.936. The van der Waals surface area contributed by atoms with E-state index in [1.54, 1.807) is 0 Å². The first-order valence-electron chi connectivity index (χ1n) is 6.40. The average Bonchev–Trinajstić information content (AvgIpc) is 2.97. The maximum Gasteiger partial charge on any atom is 0.329 e. The van der Waals surface area contributed by atoms with Gasteiger partial charge in [-0.2, -0.15) is 0 Å². The Hall–Kier alpha value is -1.59. The highest BCUT2D eigenvalue weighted by Crippen LogP contribution is 2.17. The van der Waals surface area contributed by atoms with Gasteiger partial charge in [-0.05, 0) is 19.3 Å². The van der Waals surface area contributed by atoms with E-state index in [1.165, 1.54) is 0 Å². The summed E-state index contributed by atoms with van der Waals surface area (Å²) in [5, 5.41) is 5.34. The summed E-state index contributed by atoms with van der Waals surface area (Å²) in [6.07, 6.45) is 5.06. The van der Waals surface area contributed by atoms with E-state index in [0.717, 1.165) is 25.7 Å². The van der Waals surface area contributed by atoms with E-state index in [2.05, 4.69) is 10.6 Å². The third-order valence-corrected chi connectivity index (χ3v) is 3.35. The number of carbonyl (C=O) groups excluding carboxylic acids is 3. The van der Waals surface area contributed by atoms with Crippen LogP contribution in [0, 0.1) is 0 Å². The van der Waals surface area contributed by atoms with Crippen LogP contribution in [0.3, 0.4) is 0 Å². The highest BCUT2D eigenvalue weighted by Gasteiger charge is 2.29. The zero-order valence-electron chi connectivity index (χ0n) is 10.2. The molecule has 1 atom stereocenters. The van der Waals surface area contributed by atoms with Crippen LogP contribution in [-0.2, 0) is 19.1 Å². The standard InChI is InChI=1S/C12H18N2O4/c15-10-6-5-9(14-10)12(17)18-7-11(16)13-8-3-1-2-4-8/h8-9H,1-7H2,(H,13,16)(H,14,15)/t9-/m0/s1. The van der Waals surface area contributed by atoms with Crippen LogP contribution in [0.4, 0.5) is 0 Å². The number of esters is 1.